The molecule has 0 saturated heterocycles. The second kappa shape index (κ2) is 4.49. The second-order valence-electron chi connectivity index (χ2n) is 5.54. The van der Waals surface area contributed by atoms with Gasteiger partial charge in [0.15, 0.2) is 0 Å². The zero-order chi connectivity index (χ0) is 13.6. The SMILES string of the molecule is Cc1nn(CC2Cc3ccccc32)c(C)c1C(C)O. The summed E-state index contributed by atoms with van der Waals surface area (Å²) in [5.41, 5.74) is 5.93. The molecule has 0 fully saturated rings. The number of aromatic nitrogens is 2. The number of nitrogens with zero attached hydrogens (tertiary/aromatic N) is 2. The lowest BCUT2D eigenvalue weighted by molar-refractivity contribution is 0.197. The Balaban J connectivity index is 1.85. The first-order chi connectivity index (χ1) is 9.08. The smallest absolute Gasteiger partial charge is 0.0797 e. The first-order valence-corrected chi connectivity index (χ1v) is 6.87. The Morgan fingerprint density at radius 1 is 1.37 bits per heavy atom. The van der Waals surface area contributed by atoms with Gasteiger partial charge in [0.05, 0.1) is 11.8 Å². The molecular formula is C16H20N2O. The third-order valence-corrected chi connectivity index (χ3v) is 4.21. The van der Waals surface area contributed by atoms with Gasteiger partial charge >= 0.3 is 0 Å². The van der Waals surface area contributed by atoms with Crippen molar-refractivity contribution in [3.05, 3.63) is 52.3 Å². The summed E-state index contributed by atoms with van der Waals surface area (Å²) in [6.45, 7) is 6.74. The van der Waals surface area contributed by atoms with Crippen molar-refractivity contribution in [2.24, 2.45) is 0 Å². The molecule has 0 radical (unpaired) electrons. The lowest BCUT2D eigenvalue weighted by atomic mass is 9.77. The van der Waals surface area contributed by atoms with E-state index in [1.165, 1.54) is 11.1 Å². The molecular weight excluding hydrogens is 236 g/mol. The van der Waals surface area contributed by atoms with Crippen LogP contribution in [0.4, 0.5) is 0 Å². The van der Waals surface area contributed by atoms with Crippen molar-refractivity contribution >= 4 is 0 Å². The van der Waals surface area contributed by atoms with Crippen LogP contribution in [0.1, 0.15) is 47.0 Å². The second-order valence-corrected chi connectivity index (χ2v) is 5.54. The number of hydrogen-bond acceptors (Lipinski definition) is 2. The van der Waals surface area contributed by atoms with Crippen LogP contribution in [0, 0.1) is 13.8 Å². The summed E-state index contributed by atoms with van der Waals surface area (Å²) in [7, 11) is 0. The van der Waals surface area contributed by atoms with E-state index in [0.717, 1.165) is 29.9 Å². The summed E-state index contributed by atoms with van der Waals surface area (Å²) in [4.78, 5) is 0. The maximum atomic E-state index is 9.81. The number of rotatable bonds is 3. The number of fused-ring (bicyclic) bond motifs is 1. The molecule has 0 amide bonds. The molecule has 2 atom stereocenters. The van der Waals surface area contributed by atoms with Gasteiger partial charge in [0.25, 0.3) is 0 Å². The molecule has 0 saturated carbocycles. The Morgan fingerprint density at radius 3 is 2.74 bits per heavy atom. The Hall–Kier alpha value is -1.61. The van der Waals surface area contributed by atoms with Crippen LogP contribution in [-0.2, 0) is 13.0 Å². The largest absolute Gasteiger partial charge is 0.389 e. The third kappa shape index (κ3) is 1.98. The van der Waals surface area contributed by atoms with Gasteiger partial charge in [0.1, 0.15) is 0 Å². The van der Waals surface area contributed by atoms with Gasteiger partial charge in [-0.25, -0.2) is 0 Å². The summed E-state index contributed by atoms with van der Waals surface area (Å²) < 4.78 is 2.05. The van der Waals surface area contributed by atoms with E-state index >= 15 is 0 Å². The van der Waals surface area contributed by atoms with Crippen molar-refractivity contribution in [3.63, 3.8) is 0 Å². The number of aliphatic hydroxyl groups is 1. The Labute approximate surface area is 113 Å². The molecule has 3 heteroatoms. The van der Waals surface area contributed by atoms with Crippen LogP contribution in [0.25, 0.3) is 0 Å². The maximum absolute atomic E-state index is 9.81. The minimum atomic E-state index is -0.442. The third-order valence-electron chi connectivity index (χ3n) is 4.21. The van der Waals surface area contributed by atoms with E-state index in [2.05, 4.69) is 34.0 Å². The fourth-order valence-corrected chi connectivity index (χ4v) is 3.23. The average molecular weight is 256 g/mol. The molecule has 0 aliphatic heterocycles. The van der Waals surface area contributed by atoms with Gasteiger partial charge < -0.3 is 5.11 Å². The topological polar surface area (TPSA) is 38.0 Å². The van der Waals surface area contributed by atoms with Crippen LogP contribution < -0.4 is 0 Å². The normalized spacial score (nSPS) is 18.8. The average Bonchev–Trinajstić information content (AvgIpc) is 2.61. The van der Waals surface area contributed by atoms with E-state index in [0.29, 0.717) is 5.92 Å². The van der Waals surface area contributed by atoms with Crippen LogP contribution in [0.2, 0.25) is 0 Å². The van der Waals surface area contributed by atoms with Gasteiger partial charge in [-0.2, -0.15) is 5.10 Å². The number of hydrogen-bond donors (Lipinski definition) is 1. The molecule has 1 N–H and O–H groups in total. The van der Waals surface area contributed by atoms with Crippen LogP contribution in [0.15, 0.2) is 24.3 Å². The predicted molar refractivity (Wildman–Crippen MR) is 75.2 cm³/mol. The molecule has 1 aliphatic rings. The van der Waals surface area contributed by atoms with Gasteiger partial charge in [0.2, 0.25) is 0 Å². The fourth-order valence-electron chi connectivity index (χ4n) is 3.23. The first kappa shape index (κ1) is 12.4. The molecule has 0 spiro atoms. The molecule has 1 aromatic heterocycles. The maximum Gasteiger partial charge on any atom is 0.0797 e. The van der Waals surface area contributed by atoms with Crippen molar-refractivity contribution in [2.45, 2.75) is 45.8 Å². The van der Waals surface area contributed by atoms with Crippen molar-refractivity contribution in [3.8, 4) is 0 Å². The molecule has 3 rings (SSSR count). The highest BCUT2D eigenvalue weighted by molar-refractivity contribution is 5.40. The molecule has 1 aromatic carbocycles. The van der Waals surface area contributed by atoms with Crippen LogP contribution >= 0.6 is 0 Å². The Morgan fingerprint density at radius 2 is 2.11 bits per heavy atom. The molecule has 0 bridgehead atoms. The van der Waals surface area contributed by atoms with Crippen molar-refractivity contribution in [1.29, 1.82) is 0 Å². The molecule has 2 unspecified atom stereocenters. The van der Waals surface area contributed by atoms with Gasteiger partial charge in [-0.3, -0.25) is 4.68 Å². The van der Waals surface area contributed by atoms with Crippen LogP contribution in [0.5, 0.6) is 0 Å². The minimum Gasteiger partial charge on any atom is -0.389 e. The Kier molecular flexibility index (Phi) is 2.94. The first-order valence-electron chi connectivity index (χ1n) is 6.87. The molecule has 100 valence electrons. The van der Waals surface area contributed by atoms with Crippen LogP contribution in [-0.4, -0.2) is 14.9 Å². The zero-order valence-electron chi connectivity index (χ0n) is 11.7. The van der Waals surface area contributed by atoms with Crippen LogP contribution in [0.3, 0.4) is 0 Å². The van der Waals surface area contributed by atoms with Gasteiger partial charge in [-0.05, 0) is 38.3 Å². The van der Waals surface area contributed by atoms with Crippen molar-refractivity contribution in [2.75, 3.05) is 0 Å². The highest BCUT2D eigenvalue weighted by Gasteiger charge is 2.27. The summed E-state index contributed by atoms with van der Waals surface area (Å²) in [6.07, 6.45) is 0.695. The standard InChI is InChI=1S/C16H20N2O/c1-10-16(12(3)19)11(2)18(17-10)9-14-8-13-6-4-5-7-15(13)14/h4-7,12,14,19H,8-9H2,1-3H3. The quantitative estimate of drug-likeness (QED) is 0.917. The van der Waals surface area contributed by atoms with Crippen molar-refractivity contribution in [1.82, 2.24) is 9.78 Å². The van der Waals surface area contributed by atoms with E-state index in [1.807, 2.05) is 13.8 Å². The van der Waals surface area contributed by atoms with Crippen molar-refractivity contribution < 1.29 is 5.11 Å². The lowest BCUT2D eigenvalue weighted by Crippen LogP contribution is -2.23. The zero-order valence-corrected chi connectivity index (χ0v) is 11.7. The summed E-state index contributed by atoms with van der Waals surface area (Å²) in [6, 6.07) is 8.62. The van der Waals surface area contributed by atoms with E-state index in [4.69, 9.17) is 0 Å². The molecule has 1 aliphatic carbocycles. The number of benzene rings is 1. The number of aryl methyl sites for hydroxylation is 1. The summed E-state index contributed by atoms with van der Waals surface area (Å²) >= 11 is 0. The minimum absolute atomic E-state index is 0.442. The monoisotopic (exact) mass is 256 g/mol. The predicted octanol–water partition coefficient (Wildman–Crippen LogP) is 2.89. The van der Waals surface area contributed by atoms with E-state index in [1.54, 1.807) is 6.92 Å². The van der Waals surface area contributed by atoms with E-state index in [9.17, 15) is 5.11 Å². The highest BCUT2D eigenvalue weighted by atomic mass is 16.3. The molecule has 1 heterocycles. The van der Waals surface area contributed by atoms with Gasteiger partial charge in [-0.15, -0.1) is 0 Å². The summed E-state index contributed by atoms with van der Waals surface area (Å²) in [5.74, 6) is 0.566. The lowest BCUT2D eigenvalue weighted by Gasteiger charge is -2.30. The van der Waals surface area contributed by atoms with E-state index < -0.39 is 6.10 Å². The van der Waals surface area contributed by atoms with E-state index in [-0.39, 0.29) is 0 Å². The number of aliphatic hydroxyl groups excluding tert-OH is 1. The summed E-state index contributed by atoms with van der Waals surface area (Å²) in [5, 5.41) is 14.4. The molecule has 2 aromatic rings. The van der Waals surface area contributed by atoms with Gasteiger partial charge in [-0.1, -0.05) is 24.3 Å². The Bertz CT molecular complexity index is 613. The van der Waals surface area contributed by atoms with Gasteiger partial charge in [0, 0.05) is 23.7 Å². The molecule has 3 nitrogen and oxygen atoms in total. The highest BCUT2D eigenvalue weighted by Crippen LogP contribution is 2.36. The fraction of sp³-hybridized carbons (Fsp3) is 0.438. The molecule has 19 heavy (non-hydrogen) atoms.